The molecule has 1 aromatic carbocycles. The summed E-state index contributed by atoms with van der Waals surface area (Å²) in [6, 6.07) is 5.18. The number of hydrogen-bond donors (Lipinski definition) is 2. The molecule has 0 atom stereocenters. The summed E-state index contributed by atoms with van der Waals surface area (Å²) in [6.45, 7) is 2.63. The van der Waals surface area contributed by atoms with E-state index in [0.29, 0.717) is 43.3 Å². The first kappa shape index (κ1) is 17.3. The molecule has 0 aromatic heterocycles. The van der Waals surface area contributed by atoms with Crippen LogP contribution in [0.4, 0.5) is 11.4 Å². The number of anilines is 2. The zero-order valence-corrected chi connectivity index (χ0v) is 12.7. The highest BCUT2D eigenvalue weighted by Crippen LogP contribution is 2.24. The number of carbonyl (C=O) groups is 1. The Labute approximate surface area is 125 Å². The molecule has 0 unspecified atom stereocenters. The lowest BCUT2D eigenvalue weighted by Crippen LogP contribution is -2.12. The van der Waals surface area contributed by atoms with Gasteiger partial charge in [0.05, 0.1) is 37.3 Å². The number of nitrogen functional groups attached to an aromatic ring is 1. The summed E-state index contributed by atoms with van der Waals surface area (Å²) in [7, 11) is 3.00. The second-order valence-electron chi connectivity index (χ2n) is 4.50. The van der Waals surface area contributed by atoms with E-state index in [2.05, 4.69) is 5.32 Å². The van der Waals surface area contributed by atoms with Crippen LogP contribution in [0.25, 0.3) is 0 Å². The largest absolute Gasteiger partial charge is 0.465 e. The molecule has 0 saturated carbocycles. The number of rotatable bonds is 10. The third kappa shape index (κ3) is 6.01. The Morgan fingerprint density at radius 3 is 2.71 bits per heavy atom. The van der Waals surface area contributed by atoms with Gasteiger partial charge >= 0.3 is 5.97 Å². The Morgan fingerprint density at radius 2 is 2.00 bits per heavy atom. The van der Waals surface area contributed by atoms with Gasteiger partial charge in [0.2, 0.25) is 0 Å². The van der Waals surface area contributed by atoms with Crippen molar-refractivity contribution in [3.05, 3.63) is 23.8 Å². The number of benzene rings is 1. The minimum absolute atomic E-state index is 0.396. The van der Waals surface area contributed by atoms with Crippen LogP contribution in [0.15, 0.2) is 18.2 Å². The van der Waals surface area contributed by atoms with Gasteiger partial charge in [0.25, 0.3) is 0 Å². The van der Waals surface area contributed by atoms with E-state index in [1.54, 1.807) is 25.3 Å². The molecule has 1 rings (SSSR count). The molecule has 21 heavy (non-hydrogen) atoms. The standard InChI is InChI=1S/C15H24N2O4/c1-19-10-11-21-9-4-3-8-17-14-12(15(18)20-2)6-5-7-13(14)16/h5-7,17H,3-4,8-11,16H2,1-2H3. The Kier molecular flexibility index (Phi) is 8.23. The Morgan fingerprint density at radius 1 is 1.19 bits per heavy atom. The van der Waals surface area contributed by atoms with Gasteiger partial charge in [-0.1, -0.05) is 6.07 Å². The molecule has 0 saturated heterocycles. The molecule has 3 N–H and O–H groups in total. The van der Waals surface area contributed by atoms with Crippen LogP contribution in [0.5, 0.6) is 0 Å². The molecule has 0 amide bonds. The molecule has 0 aliphatic heterocycles. The SMILES string of the molecule is COCCOCCCCNc1c(N)cccc1C(=O)OC. The van der Waals surface area contributed by atoms with Crippen molar-refractivity contribution < 1.29 is 19.0 Å². The number of hydrogen-bond acceptors (Lipinski definition) is 6. The second-order valence-corrected chi connectivity index (χ2v) is 4.50. The Bertz CT molecular complexity index is 438. The van der Waals surface area contributed by atoms with E-state index in [9.17, 15) is 4.79 Å². The van der Waals surface area contributed by atoms with Gasteiger partial charge in [-0.25, -0.2) is 4.79 Å². The summed E-state index contributed by atoms with van der Waals surface area (Å²) in [5.41, 5.74) is 7.52. The monoisotopic (exact) mass is 296 g/mol. The first-order valence-electron chi connectivity index (χ1n) is 6.98. The lowest BCUT2D eigenvalue weighted by molar-refractivity contribution is 0.0602. The number of unbranched alkanes of at least 4 members (excludes halogenated alkanes) is 1. The van der Waals surface area contributed by atoms with Gasteiger partial charge < -0.3 is 25.3 Å². The molecule has 0 fully saturated rings. The smallest absolute Gasteiger partial charge is 0.340 e. The average Bonchev–Trinajstić information content (AvgIpc) is 2.50. The van der Waals surface area contributed by atoms with E-state index in [1.165, 1.54) is 7.11 Å². The van der Waals surface area contributed by atoms with Crippen molar-refractivity contribution in [1.29, 1.82) is 0 Å². The minimum Gasteiger partial charge on any atom is -0.465 e. The average molecular weight is 296 g/mol. The van der Waals surface area contributed by atoms with Crippen molar-refractivity contribution in [3.63, 3.8) is 0 Å². The summed E-state index contributed by atoms with van der Waals surface area (Å²) < 4.78 is 15.0. The highest BCUT2D eigenvalue weighted by molar-refractivity contribution is 5.98. The van der Waals surface area contributed by atoms with E-state index in [0.717, 1.165) is 12.8 Å². The van der Waals surface area contributed by atoms with Crippen molar-refractivity contribution in [3.8, 4) is 0 Å². The number of para-hydroxylation sites is 1. The van der Waals surface area contributed by atoms with E-state index >= 15 is 0 Å². The summed E-state index contributed by atoms with van der Waals surface area (Å²) in [5, 5.41) is 3.19. The van der Waals surface area contributed by atoms with Crippen LogP contribution in [0.2, 0.25) is 0 Å². The van der Waals surface area contributed by atoms with E-state index in [4.69, 9.17) is 19.9 Å². The van der Waals surface area contributed by atoms with Gasteiger partial charge in [0.1, 0.15) is 0 Å². The number of ether oxygens (including phenoxy) is 3. The maximum atomic E-state index is 11.7. The summed E-state index contributed by atoms with van der Waals surface area (Å²) >= 11 is 0. The number of nitrogens with two attached hydrogens (primary N) is 1. The summed E-state index contributed by atoms with van der Waals surface area (Å²) in [5.74, 6) is -0.396. The second kappa shape index (κ2) is 10.0. The van der Waals surface area contributed by atoms with Crippen LogP contribution in [-0.2, 0) is 14.2 Å². The van der Waals surface area contributed by atoms with Crippen molar-refractivity contribution in [2.45, 2.75) is 12.8 Å². The van der Waals surface area contributed by atoms with Crippen molar-refractivity contribution in [2.24, 2.45) is 0 Å². The lowest BCUT2D eigenvalue weighted by atomic mass is 10.1. The summed E-state index contributed by atoms with van der Waals surface area (Å²) in [4.78, 5) is 11.7. The van der Waals surface area contributed by atoms with E-state index < -0.39 is 5.97 Å². The first-order chi connectivity index (χ1) is 10.2. The molecule has 118 valence electrons. The van der Waals surface area contributed by atoms with E-state index in [1.807, 2.05) is 0 Å². The molecule has 0 heterocycles. The van der Waals surface area contributed by atoms with Gasteiger partial charge in [-0.3, -0.25) is 0 Å². The van der Waals surface area contributed by atoms with E-state index in [-0.39, 0.29) is 0 Å². The van der Waals surface area contributed by atoms with Crippen molar-refractivity contribution >= 4 is 17.3 Å². The molecule has 0 aliphatic carbocycles. The highest BCUT2D eigenvalue weighted by atomic mass is 16.5. The van der Waals surface area contributed by atoms with Crippen LogP contribution in [-0.4, -0.2) is 46.6 Å². The number of nitrogens with one attached hydrogen (secondary N) is 1. The van der Waals surface area contributed by atoms with Gasteiger partial charge in [-0.15, -0.1) is 0 Å². The molecule has 0 radical (unpaired) electrons. The quantitative estimate of drug-likeness (QED) is 0.390. The fraction of sp³-hybridized carbons (Fsp3) is 0.533. The minimum atomic E-state index is -0.396. The summed E-state index contributed by atoms with van der Waals surface area (Å²) in [6.07, 6.45) is 1.85. The maximum Gasteiger partial charge on any atom is 0.340 e. The van der Waals surface area contributed by atoms with Gasteiger partial charge in [0.15, 0.2) is 0 Å². The third-order valence-electron chi connectivity index (χ3n) is 2.95. The fourth-order valence-electron chi connectivity index (χ4n) is 1.83. The fourth-order valence-corrected chi connectivity index (χ4v) is 1.83. The maximum absolute atomic E-state index is 11.7. The molecular formula is C15H24N2O4. The molecule has 6 nitrogen and oxygen atoms in total. The number of carbonyl (C=O) groups excluding carboxylic acids is 1. The van der Waals surface area contributed by atoms with Gasteiger partial charge in [-0.2, -0.15) is 0 Å². The molecule has 0 aliphatic rings. The molecule has 6 heteroatoms. The molecular weight excluding hydrogens is 272 g/mol. The first-order valence-corrected chi connectivity index (χ1v) is 6.98. The Balaban J connectivity index is 2.36. The predicted molar refractivity (Wildman–Crippen MR) is 82.6 cm³/mol. The third-order valence-corrected chi connectivity index (χ3v) is 2.95. The lowest BCUT2D eigenvalue weighted by Gasteiger charge is -2.13. The van der Waals surface area contributed by atoms with Gasteiger partial charge in [-0.05, 0) is 25.0 Å². The molecule has 1 aromatic rings. The molecule has 0 spiro atoms. The number of esters is 1. The van der Waals surface area contributed by atoms with Crippen LogP contribution < -0.4 is 11.1 Å². The highest BCUT2D eigenvalue weighted by Gasteiger charge is 2.13. The zero-order chi connectivity index (χ0) is 15.5. The number of methoxy groups -OCH3 is 2. The van der Waals surface area contributed by atoms with Crippen molar-refractivity contribution in [1.82, 2.24) is 0 Å². The van der Waals surface area contributed by atoms with Crippen LogP contribution >= 0.6 is 0 Å². The Hall–Kier alpha value is -1.79. The predicted octanol–water partition coefficient (Wildman–Crippen LogP) is 1.91. The van der Waals surface area contributed by atoms with Crippen LogP contribution in [0.3, 0.4) is 0 Å². The van der Waals surface area contributed by atoms with Crippen molar-refractivity contribution in [2.75, 3.05) is 51.6 Å². The zero-order valence-electron chi connectivity index (χ0n) is 12.7. The van der Waals surface area contributed by atoms with Crippen LogP contribution in [0.1, 0.15) is 23.2 Å². The van der Waals surface area contributed by atoms with Gasteiger partial charge in [0, 0.05) is 20.3 Å². The molecule has 0 bridgehead atoms. The topological polar surface area (TPSA) is 82.8 Å². The van der Waals surface area contributed by atoms with Crippen LogP contribution in [0, 0.1) is 0 Å². The normalized spacial score (nSPS) is 10.4.